The fraction of sp³-hybridized carbons (Fsp3) is 0.676. The minimum atomic E-state index is -4.50. The molecule has 0 radical (unpaired) electrons. The van der Waals surface area contributed by atoms with Gasteiger partial charge in [-0.2, -0.15) is 10.4 Å². The van der Waals surface area contributed by atoms with Crippen LogP contribution in [0.3, 0.4) is 0 Å². The summed E-state index contributed by atoms with van der Waals surface area (Å²) in [6.07, 6.45) is 2.55. The Kier molecular flexibility index (Phi) is 13.1. The third-order valence-corrected chi connectivity index (χ3v) is 11.7. The number of nitrogens with zero attached hydrogens (tertiary/aromatic N) is 4. The Morgan fingerprint density at radius 3 is 2.08 bits per heavy atom. The summed E-state index contributed by atoms with van der Waals surface area (Å²) in [5.74, 6) is -2.24. The van der Waals surface area contributed by atoms with Gasteiger partial charge in [-0.25, -0.2) is 19.7 Å². The van der Waals surface area contributed by atoms with E-state index in [0.717, 1.165) is 38.5 Å². The van der Waals surface area contributed by atoms with Crippen LogP contribution in [0.25, 0.3) is 5.52 Å². The third kappa shape index (κ3) is 9.33. The lowest BCUT2D eigenvalue weighted by Gasteiger charge is -2.32. The maximum absolute atomic E-state index is 14.6. The zero-order chi connectivity index (χ0) is 38.3. The number of hydrogen-bond acceptors (Lipinski definition) is 15. The second-order valence-electron chi connectivity index (χ2n) is 13.7. The number of ether oxygens (including phenoxy) is 5. The maximum Gasteiger partial charge on any atom is 0.342 e. The Bertz CT molecular complexity index is 1700. The molecular formula is C34H48N7O11P. The zero-order valence-corrected chi connectivity index (χ0v) is 31.3. The van der Waals surface area contributed by atoms with Gasteiger partial charge in [0.2, 0.25) is 5.60 Å². The van der Waals surface area contributed by atoms with Crippen LogP contribution in [0.2, 0.25) is 0 Å². The van der Waals surface area contributed by atoms with Crippen LogP contribution in [0.4, 0.5) is 5.82 Å². The van der Waals surface area contributed by atoms with E-state index >= 15 is 0 Å². The van der Waals surface area contributed by atoms with Crippen molar-refractivity contribution in [2.75, 3.05) is 25.6 Å². The molecule has 2 aromatic heterocycles. The van der Waals surface area contributed by atoms with E-state index in [1.165, 1.54) is 31.6 Å². The van der Waals surface area contributed by atoms with Crippen LogP contribution in [-0.4, -0.2) is 88.2 Å². The number of nitriles is 1. The number of nitrogens with two attached hydrogens (primary N) is 1. The normalized spacial score (nSPS) is 24.3. The second-order valence-corrected chi connectivity index (χ2v) is 15.6. The highest BCUT2D eigenvalue weighted by atomic mass is 31.2. The van der Waals surface area contributed by atoms with Gasteiger partial charge in [0.15, 0.2) is 18.0 Å². The number of carbonyl (C=O) groups excluding carboxylic acids is 4. The average molecular weight is 762 g/mol. The highest BCUT2D eigenvalue weighted by molar-refractivity contribution is 7.54. The van der Waals surface area contributed by atoms with Crippen LogP contribution < -0.4 is 15.9 Å². The van der Waals surface area contributed by atoms with Crippen molar-refractivity contribution < 1.29 is 52.0 Å². The second kappa shape index (κ2) is 17.3. The van der Waals surface area contributed by atoms with E-state index in [0.29, 0.717) is 5.52 Å². The van der Waals surface area contributed by atoms with Gasteiger partial charge in [0.25, 0.3) is 0 Å². The molecule has 0 aromatic carbocycles. The summed E-state index contributed by atoms with van der Waals surface area (Å²) in [7, 11) is -4.50. The van der Waals surface area contributed by atoms with E-state index in [2.05, 4.69) is 20.3 Å². The van der Waals surface area contributed by atoms with Crippen molar-refractivity contribution in [3.8, 4) is 6.07 Å². The summed E-state index contributed by atoms with van der Waals surface area (Å²) in [6.45, 7) is 5.46. The van der Waals surface area contributed by atoms with Crippen molar-refractivity contribution >= 4 is 42.9 Å². The molecule has 2 saturated carbocycles. The van der Waals surface area contributed by atoms with Gasteiger partial charge in [0.1, 0.15) is 42.7 Å². The van der Waals surface area contributed by atoms with Crippen LogP contribution in [0.1, 0.15) is 90.9 Å². The molecule has 4 N–H and O–H groups in total. The Labute approximate surface area is 307 Å². The largest absolute Gasteiger partial charge is 0.464 e. The smallest absolute Gasteiger partial charge is 0.342 e. The van der Waals surface area contributed by atoms with Gasteiger partial charge in [-0.05, 0) is 63.5 Å². The summed E-state index contributed by atoms with van der Waals surface area (Å²) in [6, 6.07) is 2.77. The van der Waals surface area contributed by atoms with E-state index in [4.69, 9.17) is 33.9 Å². The Balaban J connectivity index is 1.45. The first kappa shape index (κ1) is 40.1. The predicted molar refractivity (Wildman–Crippen MR) is 185 cm³/mol. The van der Waals surface area contributed by atoms with Crippen molar-refractivity contribution in [2.45, 2.75) is 115 Å². The summed E-state index contributed by atoms with van der Waals surface area (Å²) >= 11 is 0. The minimum absolute atomic E-state index is 0.0652. The molecule has 3 fully saturated rings. The van der Waals surface area contributed by atoms with Gasteiger partial charge >= 0.3 is 31.5 Å². The van der Waals surface area contributed by atoms with Gasteiger partial charge in [-0.1, -0.05) is 26.7 Å². The first-order valence-corrected chi connectivity index (χ1v) is 19.6. The maximum atomic E-state index is 14.6. The molecule has 53 heavy (non-hydrogen) atoms. The number of aromatic nitrogens is 3. The number of nitrogens with one attached hydrogen (secondary N) is 2. The molecule has 5 rings (SSSR count). The van der Waals surface area contributed by atoms with Gasteiger partial charge in [-0.3, -0.25) is 23.7 Å². The number of rotatable bonds is 18. The molecule has 6 atom stereocenters. The van der Waals surface area contributed by atoms with E-state index in [1.54, 1.807) is 19.1 Å². The quantitative estimate of drug-likeness (QED) is 0.112. The number of anilines is 1. The molecular weight excluding hydrogens is 713 g/mol. The predicted octanol–water partition coefficient (Wildman–Crippen LogP) is 3.06. The molecule has 3 heterocycles. The van der Waals surface area contributed by atoms with Crippen LogP contribution in [0.5, 0.6) is 0 Å². The van der Waals surface area contributed by atoms with Gasteiger partial charge in [-0.15, -0.1) is 0 Å². The molecule has 1 aliphatic heterocycles. The molecule has 19 heteroatoms. The van der Waals surface area contributed by atoms with Crippen LogP contribution in [0, 0.1) is 23.2 Å². The van der Waals surface area contributed by atoms with Crippen molar-refractivity contribution in [1.29, 1.82) is 5.26 Å². The lowest BCUT2D eigenvalue weighted by Crippen LogP contribution is -2.50. The molecule has 0 bridgehead atoms. The Morgan fingerprint density at radius 1 is 1.00 bits per heavy atom. The SMILES string of the molecule is CCC(=O)O[C@H]1[C@H](c2ccc3c(N)ncnn23)O[C@](C#N)(COP(=O)(N[C@@H](C)C(=O)OCC2CCC2)N[C@@H](C)C(=O)OCC2CCC2)[C@H]1OC(=O)CC. The van der Waals surface area contributed by atoms with Crippen LogP contribution >= 0.6 is 7.67 Å². The Morgan fingerprint density at radius 2 is 1.57 bits per heavy atom. The monoisotopic (exact) mass is 761 g/mol. The Hall–Kier alpha value is -4.14. The molecule has 290 valence electrons. The van der Waals surface area contributed by atoms with Gasteiger partial charge in [0, 0.05) is 12.8 Å². The van der Waals surface area contributed by atoms with Gasteiger partial charge < -0.3 is 33.9 Å². The molecule has 2 aromatic rings. The van der Waals surface area contributed by atoms with E-state index in [-0.39, 0.29) is 49.4 Å². The van der Waals surface area contributed by atoms with Crippen molar-refractivity contribution in [2.24, 2.45) is 11.8 Å². The van der Waals surface area contributed by atoms with Crippen molar-refractivity contribution in [3.63, 3.8) is 0 Å². The lowest BCUT2D eigenvalue weighted by molar-refractivity contribution is -0.169. The lowest BCUT2D eigenvalue weighted by atomic mass is 9.86. The molecule has 0 unspecified atom stereocenters. The zero-order valence-electron chi connectivity index (χ0n) is 30.4. The summed E-state index contributed by atoms with van der Waals surface area (Å²) in [5.41, 5.74) is 4.43. The van der Waals surface area contributed by atoms with E-state index in [9.17, 15) is 29.0 Å². The van der Waals surface area contributed by atoms with Gasteiger partial charge in [0.05, 0.1) is 18.9 Å². The van der Waals surface area contributed by atoms with E-state index in [1.807, 2.05) is 6.07 Å². The molecule has 0 spiro atoms. The number of esters is 4. The first-order valence-electron chi connectivity index (χ1n) is 18.0. The standard InChI is InChI=1S/C34H48N7O11P/c1-5-26(42)50-29-28(24-13-14-25-31(36)37-19-38-41(24)25)52-34(17-35,30(29)51-27(43)6-2)18-49-53(46,39-20(3)32(44)47-15-22-9-7-10-22)40-21(4)33(45)48-16-23-11-8-12-23/h13-14,19-23,28-30H,5-12,15-16,18H2,1-4H3,(H2,36,37,38)(H2,39,40,46)/t20-,21-,28-,29-,30-,34+/m0/s1. The van der Waals surface area contributed by atoms with E-state index < -0.39 is 74.2 Å². The molecule has 1 saturated heterocycles. The van der Waals surface area contributed by atoms with Crippen molar-refractivity contribution in [3.05, 3.63) is 24.2 Å². The molecule has 0 amide bonds. The fourth-order valence-corrected chi connectivity index (χ4v) is 7.90. The molecule has 18 nitrogen and oxygen atoms in total. The van der Waals surface area contributed by atoms with Crippen LogP contribution in [0.15, 0.2) is 18.5 Å². The summed E-state index contributed by atoms with van der Waals surface area (Å²) < 4.78 is 50.7. The average Bonchev–Trinajstić information content (AvgIpc) is 3.65. The highest BCUT2D eigenvalue weighted by Crippen LogP contribution is 2.48. The molecule has 2 aliphatic carbocycles. The number of nitrogen functional groups attached to an aromatic ring is 1. The fourth-order valence-electron chi connectivity index (χ4n) is 6.07. The number of carbonyl (C=O) groups is 4. The van der Waals surface area contributed by atoms with Crippen LogP contribution in [-0.2, 0) is 52.0 Å². The first-order chi connectivity index (χ1) is 25.3. The third-order valence-electron chi connectivity index (χ3n) is 9.76. The summed E-state index contributed by atoms with van der Waals surface area (Å²) in [4.78, 5) is 55.6. The summed E-state index contributed by atoms with van der Waals surface area (Å²) in [5, 5.41) is 20.3. The topological polar surface area (TPSA) is 245 Å². The van der Waals surface area contributed by atoms with Crippen molar-refractivity contribution in [1.82, 2.24) is 24.8 Å². The number of hydrogen-bond donors (Lipinski definition) is 3. The number of fused-ring (bicyclic) bond motifs is 1. The highest BCUT2D eigenvalue weighted by Gasteiger charge is 2.62. The minimum Gasteiger partial charge on any atom is -0.464 e. The molecule has 3 aliphatic rings.